The van der Waals surface area contributed by atoms with Crippen LogP contribution in [0.15, 0.2) is 41.6 Å². The highest BCUT2D eigenvalue weighted by Crippen LogP contribution is 2.46. The summed E-state index contributed by atoms with van der Waals surface area (Å²) in [5, 5.41) is 21.8. The van der Waals surface area contributed by atoms with Crippen molar-refractivity contribution in [1.29, 1.82) is 5.41 Å². The van der Waals surface area contributed by atoms with E-state index in [0.29, 0.717) is 17.4 Å². The van der Waals surface area contributed by atoms with Gasteiger partial charge in [-0.2, -0.15) is 0 Å². The van der Waals surface area contributed by atoms with Gasteiger partial charge in [0, 0.05) is 30.2 Å². The molecule has 0 spiro atoms. The van der Waals surface area contributed by atoms with Crippen molar-refractivity contribution < 1.29 is 19.3 Å². The van der Waals surface area contributed by atoms with Gasteiger partial charge in [-0.15, -0.1) is 0 Å². The number of ether oxygens (including phenoxy) is 1. The number of oxime groups is 1. The molecular formula is C17H17N3O5. The summed E-state index contributed by atoms with van der Waals surface area (Å²) in [4.78, 5) is 26.3. The molecule has 2 bridgehead atoms. The van der Waals surface area contributed by atoms with Gasteiger partial charge in [0.15, 0.2) is 0 Å². The van der Waals surface area contributed by atoms with Crippen LogP contribution in [0.5, 0.6) is 0 Å². The number of allylic oxidation sites excluding steroid dienone is 2. The Morgan fingerprint density at radius 2 is 1.96 bits per heavy atom. The average Bonchev–Trinajstić information content (AvgIpc) is 3.21. The molecule has 1 saturated carbocycles. The maximum Gasteiger partial charge on any atom is 0.535 e. The second-order valence-electron chi connectivity index (χ2n) is 6.08. The first-order valence-electron chi connectivity index (χ1n) is 7.88. The van der Waals surface area contributed by atoms with Crippen LogP contribution >= 0.6 is 0 Å². The zero-order valence-corrected chi connectivity index (χ0v) is 13.3. The van der Waals surface area contributed by atoms with Gasteiger partial charge in [-0.1, -0.05) is 17.3 Å². The van der Waals surface area contributed by atoms with E-state index in [1.54, 1.807) is 6.21 Å². The topological polar surface area (TPSA) is 115 Å². The Morgan fingerprint density at radius 1 is 1.28 bits per heavy atom. The number of benzene rings is 1. The van der Waals surface area contributed by atoms with Crippen LogP contribution in [0.25, 0.3) is 0 Å². The van der Waals surface area contributed by atoms with Crippen molar-refractivity contribution in [2.45, 2.75) is 13.0 Å². The molecule has 4 unspecified atom stereocenters. The fourth-order valence-electron chi connectivity index (χ4n) is 3.37. The van der Waals surface area contributed by atoms with E-state index in [4.69, 9.17) is 10.1 Å². The molecular weight excluding hydrogens is 326 g/mol. The molecule has 1 aromatic rings. The Bertz CT molecular complexity index is 728. The van der Waals surface area contributed by atoms with Crippen molar-refractivity contribution in [3.05, 3.63) is 52.1 Å². The summed E-state index contributed by atoms with van der Waals surface area (Å²) in [5.41, 5.74) is 0.574. The molecule has 25 heavy (non-hydrogen) atoms. The Labute approximate surface area is 143 Å². The first-order chi connectivity index (χ1) is 12.1. The molecule has 0 aliphatic heterocycles. The number of nitrogens with zero attached hydrogens (tertiary/aromatic N) is 2. The van der Waals surface area contributed by atoms with Gasteiger partial charge in [-0.05, 0) is 42.2 Å². The monoisotopic (exact) mass is 343 g/mol. The van der Waals surface area contributed by atoms with Crippen LogP contribution in [0.4, 0.5) is 10.5 Å². The Hall–Kier alpha value is -3.03. The zero-order chi connectivity index (χ0) is 17.8. The molecule has 0 saturated heterocycles. The molecule has 1 fully saturated rings. The molecule has 130 valence electrons. The highest BCUT2D eigenvalue weighted by molar-refractivity contribution is 5.73. The highest BCUT2D eigenvalue weighted by Gasteiger charge is 2.42. The number of nitro benzene ring substituents is 1. The largest absolute Gasteiger partial charge is 0.535 e. The standard InChI is InChI=1S/C17H17N3O5/c18-8-15-12-3-4-13(7-12)16(15)9-19-25-17(21)24-10-11-1-5-14(6-2-11)20(22)23/h1-6,8-9,12-13,15-16,18H,7,10H2. The summed E-state index contributed by atoms with van der Waals surface area (Å²) in [6.07, 6.45) is 7.30. The van der Waals surface area contributed by atoms with Crippen molar-refractivity contribution in [1.82, 2.24) is 0 Å². The molecule has 4 atom stereocenters. The van der Waals surface area contributed by atoms with Gasteiger partial charge in [0.25, 0.3) is 5.69 Å². The Balaban J connectivity index is 1.46. The predicted octanol–water partition coefficient (Wildman–Crippen LogP) is 3.32. The quantitative estimate of drug-likeness (QED) is 0.212. The normalized spacial score (nSPS) is 26.7. The van der Waals surface area contributed by atoms with Gasteiger partial charge in [-0.3, -0.25) is 15.0 Å². The Kier molecular flexibility index (Phi) is 4.87. The second-order valence-corrected chi connectivity index (χ2v) is 6.08. The van der Waals surface area contributed by atoms with Crippen LogP contribution in [0.1, 0.15) is 12.0 Å². The smallest absolute Gasteiger partial charge is 0.428 e. The Morgan fingerprint density at radius 3 is 2.60 bits per heavy atom. The first-order valence-corrected chi connectivity index (χ1v) is 7.88. The van der Waals surface area contributed by atoms with E-state index in [2.05, 4.69) is 22.1 Å². The lowest BCUT2D eigenvalue weighted by Gasteiger charge is -2.19. The van der Waals surface area contributed by atoms with Gasteiger partial charge in [0.05, 0.1) is 4.92 Å². The number of hydrogen-bond donors (Lipinski definition) is 1. The van der Waals surface area contributed by atoms with Crippen LogP contribution in [0, 0.1) is 39.2 Å². The lowest BCUT2D eigenvalue weighted by molar-refractivity contribution is -0.384. The van der Waals surface area contributed by atoms with Crippen molar-refractivity contribution in [2.24, 2.45) is 28.8 Å². The minimum absolute atomic E-state index is 0.0309. The molecule has 8 heteroatoms. The van der Waals surface area contributed by atoms with E-state index >= 15 is 0 Å². The lowest BCUT2D eigenvalue weighted by atomic mass is 9.85. The number of nitrogens with one attached hydrogen (secondary N) is 1. The lowest BCUT2D eigenvalue weighted by Crippen LogP contribution is -2.22. The first kappa shape index (κ1) is 16.8. The number of hydrogen-bond acceptors (Lipinski definition) is 7. The fourth-order valence-corrected chi connectivity index (χ4v) is 3.37. The van der Waals surface area contributed by atoms with Crippen LogP contribution in [0.3, 0.4) is 0 Å². The molecule has 2 aliphatic carbocycles. The zero-order valence-electron chi connectivity index (χ0n) is 13.3. The molecule has 1 aromatic carbocycles. The molecule has 0 aromatic heterocycles. The maximum atomic E-state index is 11.6. The minimum atomic E-state index is -0.945. The van der Waals surface area contributed by atoms with E-state index in [1.165, 1.54) is 30.5 Å². The number of fused-ring (bicyclic) bond motifs is 2. The number of carbonyl (C=O) groups is 1. The number of non-ortho nitro benzene ring substituents is 1. The minimum Gasteiger partial charge on any atom is -0.428 e. The third kappa shape index (κ3) is 3.73. The predicted molar refractivity (Wildman–Crippen MR) is 89.4 cm³/mol. The van der Waals surface area contributed by atoms with E-state index in [-0.39, 0.29) is 24.1 Å². The van der Waals surface area contributed by atoms with Crippen LogP contribution in [-0.4, -0.2) is 23.5 Å². The fraction of sp³-hybridized carbons (Fsp3) is 0.353. The van der Waals surface area contributed by atoms with Crippen LogP contribution in [-0.2, 0) is 16.2 Å². The van der Waals surface area contributed by atoms with Gasteiger partial charge in [0.1, 0.15) is 6.61 Å². The van der Waals surface area contributed by atoms with E-state index < -0.39 is 11.1 Å². The highest BCUT2D eigenvalue weighted by atomic mass is 16.8. The molecule has 1 N–H and O–H groups in total. The number of carbonyl (C=O) groups excluding carboxylic acids is 1. The van der Waals surface area contributed by atoms with Crippen molar-refractivity contribution in [3.63, 3.8) is 0 Å². The summed E-state index contributed by atoms with van der Waals surface area (Å²) in [7, 11) is 0. The molecule has 0 amide bonds. The second kappa shape index (κ2) is 7.25. The molecule has 0 radical (unpaired) electrons. The SMILES string of the molecule is N=CC1C2C=CC(C2)C1C=NOC(=O)OCc1ccc([N+](=O)[O-])cc1. The van der Waals surface area contributed by atoms with Gasteiger partial charge < -0.3 is 10.1 Å². The summed E-state index contributed by atoms with van der Waals surface area (Å²) < 4.78 is 4.90. The van der Waals surface area contributed by atoms with E-state index in [9.17, 15) is 14.9 Å². The molecule has 2 aliphatic rings. The third-order valence-corrected chi connectivity index (χ3v) is 4.64. The van der Waals surface area contributed by atoms with Gasteiger partial charge in [0.2, 0.25) is 0 Å². The summed E-state index contributed by atoms with van der Waals surface area (Å²) in [6.45, 7) is -0.0632. The van der Waals surface area contributed by atoms with Crippen LogP contribution in [0.2, 0.25) is 0 Å². The summed E-state index contributed by atoms with van der Waals surface area (Å²) in [5.74, 6) is 0.863. The third-order valence-electron chi connectivity index (χ3n) is 4.64. The average molecular weight is 343 g/mol. The summed E-state index contributed by atoms with van der Waals surface area (Å²) in [6, 6.07) is 5.68. The maximum absolute atomic E-state index is 11.6. The van der Waals surface area contributed by atoms with E-state index in [0.717, 1.165) is 6.42 Å². The van der Waals surface area contributed by atoms with Crippen molar-refractivity contribution in [3.8, 4) is 0 Å². The molecule has 0 heterocycles. The van der Waals surface area contributed by atoms with Gasteiger partial charge >= 0.3 is 6.16 Å². The molecule has 3 rings (SSSR count). The molecule has 8 nitrogen and oxygen atoms in total. The van der Waals surface area contributed by atoms with Crippen molar-refractivity contribution in [2.75, 3.05) is 0 Å². The summed E-state index contributed by atoms with van der Waals surface area (Å²) >= 11 is 0. The number of nitro groups is 1. The van der Waals surface area contributed by atoms with Crippen molar-refractivity contribution >= 4 is 24.3 Å². The van der Waals surface area contributed by atoms with Gasteiger partial charge in [-0.25, -0.2) is 4.79 Å². The van der Waals surface area contributed by atoms with Crippen LogP contribution < -0.4 is 0 Å². The van der Waals surface area contributed by atoms with E-state index in [1.807, 2.05) is 0 Å². The number of rotatable bonds is 6.